The summed E-state index contributed by atoms with van der Waals surface area (Å²) in [7, 11) is 0. The Morgan fingerprint density at radius 2 is 1.95 bits per heavy atom. The Morgan fingerprint density at radius 1 is 1.10 bits per heavy atom. The Morgan fingerprint density at radius 3 is 2.70 bits per heavy atom. The highest BCUT2D eigenvalue weighted by molar-refractivity contribution is 6.31. The fraction of sp³-hybridized carbons (Fsp3) is 0.103. The van der Waals surface area contributed by atoms with Crippen LogP contribution in [0.1, 0.15) is 39.8 Å². The molecule has 10 nitrogen and oxygen atoms in total. The molecule has 2 unspecified atom stereocenters. The molecule has 0 amide bonds. The van der Waals surface area contributed by atoms with Gasteiger partial charge in [-0.1, -0.05) is 41.9 Å². The highest BCUT2D eigenvalue weighted by Gasteiger charge is 2.64. The molecule has 3 aromatic heterocycles. The number of hydrogen-bond acceptors (Lipinski definition) is 6. The summed E-state index contributed by atoms with van der Waals surface area (Å²) in [6, 6.07) is 23.8. The number of aromatic nitrogens is 7. The van der Waals surface area contributed by atoms with Crippen LogP contribution in [0.25, 0.3) is 27.8 Å². The van der Waals surface area contributed by atoms with E-state index >= 15 is 0 Å². The number of imidazole rings is 1. The maximum Gasteiger partial charge on any atom is 0.335 e. The molecule has 196 valence electrons. The van der Waals surface area contributed by atoms with E-state index in [1.165, 1.54) is 23.3 Å². The zero-order chi connectivity index (χ0) is 27.4. The van der Waals surface area contributed by atoms with Gasteiger partial charge in [-0.15, -0.1) is 5.10 Å². The first-order chi connectivity index (χ1) is 19.4. The van der Waals surface area contributed by atoms with E-state index in [1.54, 1.807) is 30.3 Å². The van der Waals surface area contributed by atoms with Crippen molar-refractivity contribution in [1.82, 2.24) is 30.2 Å². The van der Waals surface area contributed by atoms with E-state index in [0.717, 1.165) is 10.3 Å². The van der Waals surface area contributed by atoms with E-state index < -0.39 is 11.4 Å². The van der Waals surface area contributed by atoms with Crippen LogP contribution in [0.3, 0.4) is 0 Å². The minimum Gasteiger partial charge on any atom is -0.618 e. The van der Waals surface area contributed by atoms with E-state index in [9.17, 15) is 15.1 Å². The third kappa shape index (κ3) is 3.80. The van der Waals surface area contributed by atoms with Crippen molar-refractivity contribution in [3.63, 3.8) is 0 Å². The van der Waals surface area contributed by atoms with Gasteiger partial charge in [0.05, 0.1) is 22.3 Å². The van der Waals surface area contributed by atoms with Crippen molar-refractivity contribution in [3.8, 4) is 16.8 Å². The largest absolute Gasteiger partial charge is 0.618 e. The fourth-order valence-electron chi connectivity index (χ4n) is 5.57. The van der Waals surface area contributed by atoms with Crippen molar-refractivity contribution in [2.24, 2.45) is 0 Å². The van der Waals surface area contributed by atoms with Gasteiger partial charge in [0.1, 0.15) is 17.6 Å². The first-order valence-electron chi connectivity index (χ1n) is 12.5. The van der Waals surface area contributed by atoms with Gasteiger partial charge in [0.25, 0.3) is 0 Å². The predicted octanol–water partition coefficient (Wildman–Crippen LogP) is 4.66. The number of benzene rings is 3. The Balaban J connectivity index is 1.37. The Labute approximate surface area is 232 Å². The van der Waals surface area contributed by atoms with Gasteiger partial charge in [-0.3, -0.25) is 0 Å². The number of carboxylic acids is 1. The molecule has 40 heavy (non-hydrogen) atoms. The molecule has 0 radical (unpaired) electrons. The second kappa shape index (κ2) is 8.99. The third-order valence-electron chi connectivity index (χ3n) is 7.55. The number of aromatic carboxylic acids is 1. The van der Waals surface area contributed by atoms with Gasteiger partial charge < -0.3 is 15.3 Å². The topological polar surface area (TPSA) is 137 Å². The predicted molar refractivity (Wildman–Crippen MR) is 146 cm³/mol. The molecular weight excluding hydrogens is 530 g/mol. The van der Waals surface area contributed by atoms with Crippen LogP contribution in [-0.2, 0) is 5.41 Å². The molecule has 0 bridgehead atoms. The third-order valence-corrected chi connectivity index (χ3v) is 7.79. The van der Waals surface area contributed by atoms with Gasteiger partial charge in [-0.25, -0.2) is 9.78 Å². The van der Waals surface area contributed by atoms with Gasteiger partial charge in [-0.05, 0) is 64.9 Å². The normalized spacial score (nSPS) is 18.2. The highest BCUT2D eigenvalue weighted by atomic mass is 35.5. The quantitative estimate of drug-likeness (QED) is 0.227. The summed E-state index contributed by atoms with van der Waals surface area (Å²) in [5.41, 5.74) is 4.33. The smallest absolute Gasteiger partial charge is 0.335 e. The number of aromatic amines is 1. The van der Waals surface area contributed by atoms with Crippen molar-refractivity contribution in [2.45, 2.75) is 17.8 Å². The van der Waals surface area contributed by atoms with Crippen LogP contribution < -0.4 is 4.73 Å². The number of fused-ring (bicyclic) bond motifs is 1. The number of nitrogens with one attached hydrogen (secondary N) is 1. The molecule has 0 aliphatic heterocycles. The van der Waals surface area contributed by atoms with Crippen LogP contribution in [0.4, 0.5) is 0 Å². The Kier molecular flexibility index (Phi) is 5.39. The lowest BCUT2D eigenvalue weighted by molar-refractivity contribution is -0.615. The standard InChI is InChI=1S/C29H20ClN7O3/c30-20-8-10-25(36-16-31-34-35-36)21(13-20)19-7-11-26(37(40)15-19)29(14-22(29)17-4-2-1-3-5-17)28-32-23-9-6-18(27(38)39)12-24(23)33-28/h1-13,15-16,22H,14H2,(H,32,33)(H,38,39). The van der Waals surface area contributed by atoms with Gasteiger partial charge in [0, 0.05) is 28.1 Å². The average molecular weight is 550 g/mol. The molecule has 0 spiro atoms. The van der Waals surface area contributed by atoms with Crippen molar-refractivity contribution >= 4 is 28.6 Å². The Hall–Kier alpha value is -5.09. The van der Waals surface area contributed by atoms with Crippen LogP contribution in [0.15, 0.2) is 91.4 Å². The van der Waals surface area contributed by atoms with E-state index in [4.69, 9.17) is 16.6 Å². The van der Waals surface area contributed by atoms with Crippen LogP contribution >= 0.6 is 11.6 Å². The summed E-state index contributed by atoms with van der Waals surface area (Å²) in [5.74, 6) is -0.396. The molecule has 0 saturated heterocycles. The maximum absolute atomic E-state index is 13.8. The molecular formula is C29H20ClN7O3. The van der Waals surface area contributed by atoms with Crippen LogP contribution in [0.5, 0.6) is 0 Å². The highest BCUT2D eigenvalue weighted by Crippen LogP contribution is 2.63. The van der Waals surface area contributed by atoms with Crippen LogP contribution in [0, 0.1) is 5.21 Å². The van der Waals surface area contributed by atoms with Crippen LogP contribution in [0.2, 0.25) is 5.02 Å². The minimum absolute atomic E-state index is 0.00205. The second-order valence-corrected chi connectivity index (χ2v) is 10.2. The first kappa shape index (κ1) is 24.0. The summed E-state index contributed by atoms with van der Waals surface area (Å²) in [6.07, 6.45) is 3.67. The summed E-state index contributed by atoms with van der Waals surface area (Å²) in [6.45, 7) is 0. The number of rotatable bonds is 6. The summed E-state index contributed by atoms with van der Waals surface area (Å²) >= 11 is 6.32. The zero-order valence-corrected chi connectivity index (χ0v) is 21.5. The molecule has 1 aliphatic carbocycles. The van der Waals surface area contributed by atoms with E-state index in [1.807, 2.05) is 42.5 Å². The number of pyridine rings is 1. The summed E-state index contributed by atoms with van der Waals surface area (Å²) in [4.78, 5) is 19.7. The van der Waals surface area contributed by atoms with Gasteiger partial charge in [0.2, 0.25) is 5.69 Å². The van der Waals surface area contributed by atoms with Crippen LogP contribution in [-0.4, -0.2) is 41.3 Å². The van der Waals surface area contributed by atoms with Crippen molar-refractivity contribution in [1.29, 1.82) is 0 Å². The lowest BCUT2D eigenvalue weighted by atomic mass is 9.93. The molecule has 1 aliphatic rings. The van der Waals surface area contributed by atoms with Crippen molar-refractivity contribution < 1.29 is 14.6 Å². The molecule has 11 heteroatoms. The van der Waals surface area contributed by atoms with E-state index in [2.05, 4.69) is 20.5 Å². The number of halogens is 1. The van der Waals surface area contributed by atoms with Crippen molar-refractivity contribution in [2.75, 3.05) is 0 Å². The zero-order valence-electron chi connectivity index (χ0n) is 20.8. The lowest BCUT2D eigenvalue weighted by Gasteiger charge is -2.17. The molecule has 2 atom stereocenters. The fourth-order valence-corrected chi connectivity index (χ4v) is 5.74. The first-order valence-corrected chi connectivity index (χ1v) is 12.9. The molecule has 1 saturated carbocycles. The number of H-pyrrole nitrogens is 1. The number of tetrazole rings is 1. The molecule has 7 rings (SSSR count). The number of carboxylic acid groups (broad SMARTS) is 1. The molecule has 1 fully saturated rings. The maximum atomic E-state index is 13.8. The van der Waals surface area contributed by atoms with E-state index in [-0.39, 0.29) is 11.5 Å². The van der Waals surface area contributed by atoms with Crippen molar-refractivity contribution in [3.05, 3.63) is 124 Å². The molecule has 3 heterocycles. The second-order valence-electron chi connectivity index (χ2n) is 9.81. The molecule has 2 N–H and O–H groups in total. The van der Waals surface area contributed by atoms with E-state index in [0.29, 0.717) is 50.8 Å². The number of hydrogen-bond donors (Lipinski definition) is 2. The van der Waals surface area contributed by atoms with Gasteiger partial charge in [0.15, 0.2) is 6.20 Å². The van der Waals surface area contributed by atoms with Gasteiger partial charge in [-0.2, -0.15) is 9.41 Å². The number of nitrogens with zero attached hydrogens (tertiary/aromatic N) is 6. The molecule has 6 aromatic rings. The SMILES string of the molecule is O=C(O)c1ccc2nc(C3(c4ccc(-c5cc(Cl)ccc5-n5cnnn5)c[n+]4[O-])CC3c3ccccc3)[nH]c2c1. The minimum atomic E-state index is -1.02. The Bertz CT molecular complexity index is 1910. The van der Waals surface area contributed by atoms with Gasteiger partial charge >= 0.3 is 5.97 Å². The summed E-state index contributed by atoms with van der Waals surface area (Å²) in [5, 5.41) is 35.2. The number of carbonyl (C=O) groups is 1. The lowest BCUT2D eigenvalue weighted by Crippen LogP contribution is -2.37. The average Bonchev–Trinajstić information content (AvgIpc) is 3.27. The molecule has 3 aromatic carbocycles. The monoisotopic (exact) mass is 549 g/mol. The summed E-state index contributed by atoms with van der Waals surface area (Å²) < 4.78 is 2.40.